The van der Waals surface area contributed by atoms with E-state index in [0.717, 1.165) is 13.1 Å². The molecule has 2 aromatic heterocycles. The van der Waals surface area contributed by atoms with E-state index in [1.807, 2.05) is 43.9 Å². The Morgan fingerprint density at radius 2 is 2.05 bits per heavy atom. The molecule has 0 saturated carbocycles. The molecule has 0 saturated heterocycles. The van der Waals surface area contributed by atoms with Crippen molar-refractivity contribution in [2.45, 2.75) is 20.8 Å². The molecule has 0 aliphatic carbocycles. The van der Waals surface area contributed by atoms with Gasteiger partial charge < -0.3 is 15.1 Å². The number of rotatable bonds is 5. The van der Waals surface area contributed by atoms with Crippen molar-refractivity contribution in [1.82, 2.24) is 4.98 Å². The summed E-state index contributed by atoms with van der Waals surface area (Å²) in [4.78, 5) is 18.1. The van der Waals surface area contributed by atoms with Gasteiger partial charge in [-0.15, -0.1) is 0 Å². The van der Waals surface area contributed by atoms with Crippen LogP contribution in [0.1, 0.15) is 30.0 Å². The smallest absolute Gasteiger partial charge is 0.254 e. The second kappa shape index (κ2) is 5.77. The number of nitrogens with two attached hydrogens (primary N) is 1. The number of pyridine rings is 1. The highest BCUT2D eigenvalue weighted by molar-refractivity contribution is 6.04. The minimum atomic E-state index is -0.496. The Morgan fingerprint density at radius 3 is 2.55 bits per heavy atom. The molecule has 20 heavy (non-hydrogen) atoms. The first-order valence-electron chi connectivity index (χ1n) is 6.69. The fourth-order valence-corrected chi connectivity index (χ4v) is 2.31. The standard InChI is InChI=1S/C15H19N3O2/c1-4-18(5-2)15-13(14(16)19)12(10(3)20-15)11-8-6-7-9-17-11/h6-9H,4-5H2,1-3H3,(H2,16,19). The van der Waals surface area contributed by atoms with Crippen LogP contribution in [0, 0.1) is 6.92 Å². The number of hydrogen-bond acceptors (Lipinski definition) is 4. The van der Waals surface area contributed by atoms with Crippen molar-refractivity contribution in [1.29, 1.82) is 0 Å². The van der Waals surface area contributed by atoms with Crippen LogP contribution in [0.4, 0.5) is 5.88 Å². The Labute approximate surface area is 118 Å². The summed E-state index contributed by atoms with van der Waals surface area (Å²) in [7, 11) is 0. The summed E-state index contributed by atoms with van der Waals surface area (Å²) < 4.78 is 5.79. The van der Waals surface area contributed by atoms with Crippen molar-refractivity contribution < 1.29 is 9.21 Å². The summed E-state index contributed by atoms with van der Waals surface area (Å²) in [6, 6.07) is 5.54. The van der Waals surface area contributed by atoms with Crippen LogP contribution < -0.4 is 10.6 Å². The monoisotopic (exact) mass is 273 g/mol. The first-order valence-corrected chi connectivity index (χ1v) is 6.69. The summed E-state index contributed by atoms with van der Waals surface area (Å²) in [5, 5.41) is 0. The average Bonchev–Trinajstić information content (AvgIpc) is 2.79. The van der Waals surface area contributed by atoms with Crippen LogP contribution in [0.2, 0.25) is 0 Å². The van der Waals surface area contributed by atoms with Gasteiger partial charge in [-0.3, -0.25) is 9.78 Å². The van der Waals surface area contributed by atoms with Crippen LogP contribution in [0.5, 0.6) is 0 Å². The van der Waals surface area contributed by atoms with Crippen LogP contribution >= 0.6 is 0 Å². The maximum Gasteiger partial charge on any atom is 0.254 e. The van der Waals surface area contributed by atoms with Crippen LogP contribution in [0.25, 0.3) is 11.3 Å². The second-order valence-corrected chi connectivity index (χ2v) is 4.46. The minimum absolute atomic E-state index is 0.407. The normalized spacial score (nSPS) is 10.6. The molecule has 0 aromatic carbocycles. The highest BCUT2D eigenvalue weighted by atomic mass is 16.4. The minimum Gasteiger partial charge on any atom is -0.444 e. The number of aromatic nitrogens is 1. The molecule has 0 aliphatic heterocycles. The fourth-order valence-electron chi connectivity index (χ4n) is 2.31. The number of carbonyl (C=O) groups excluding carboxylic acids is 1. The lowest BCUT2D eigenvalue weighted by molar-refractivity contribution is 0.100. The van der Waals surface area contributed by atoms with Crippen molar-refractivity contribution >= 4 is 11.8 Å². The number of aryl methyl sites for hydroxylation is 1. The van der Waals surface area contributed by atoms with Crippen LogP contribution in [-0.4, -0.2) is 24.0 Å². The van der Waals surface area contributed by atoms with Gasteiger partial charge in [0, 0.05) is 19.3 Å². The van der Waals surface area contributed by atoms with E-state index in [0.29, 0.717) is 28.5 Å². The molecule has 1 amide bonds. The van der Waals surface area contributed by atoms with Gasteiger partial charge in [0.05, 0.1) is 11.3 Å². The zero-order valence-corrected chi connectivity index (χ0v) is 12.0. The van der Waals surface area contributed by atoms with E-state index in [-0.39, 0.29) is 0 Å². The molecule has 2 aromatic rings. The van der Waals surface area contributed by atoms with Gasteiger partial charge in [0.15, 0.2) is 0 Å². The van der Waals surface area contributed by atoms with Gasteiger partial charge in [-0.1, -0.05) is 6.07 Å². The first-order chi connectivity index (χ1) is 9.60. The average molecular weight is 273 g/mol. The summed E-state index contributed by atoms with van der Waals surface area (Å²) in [5.74, 6) is 0.685. The third kappa shape index (κ3) is 2.39. The number of amides is 1. The Bertz CT molecular complexity index is 601. The molecule has 5 nitrogen and oxygen atoms in total. The van der Waals surface area contributed by atoms with Crippen LogP contribution in [0.15, 0.2) is 28.8 Å². The highest BCUT2D eigenvalue weighted by Gasteiger charge is 2.26. The van der Waals surface area contributed by atoms with E-state index >= 15 is 0 Å². The molecule has 0 fully saturated rings. The lowest BCUT2D eigenvalue weighted by Gasteiger charge is -2.18. The maximum absolute atomic E-state index is 11.9. The molecule has 5 heteroatoms. The zero-order chi connectivity index (χ0) is 14.7. The molecule has 0 spiro atoms. The van der Waals surface area contributed by atoms with Gasteiger partial charge in [0.1, 0.15) is 11.3 Å². The molecule has 0 aliphatic rings. The number of primary amides is 1. The molecule has 0 radical (unpaired) electrons. The van der Waals surface area contributed by atoms with Gasteiger partial charge >= 0.3 is 0 Å². The first kappa shape index (κ1) is 14.1. The van der Waals surface area contributed by atoms with Gasteiger partial charge in [-0.25, -0.2) is 0 Å². The number of anilines is 1. The van der Waals surface area contributed by atoms with Crippen molar-refractivity contribution in [2.24, 2.45) is 5.73 Å². The lowest BCUT2D eigenvalue weighted by atomic mass is 10.1. The van der Waals surface area contributed by atoms with Gasteiger partial charge in [-0.2, -0.15) is 0 Å². The third-order valence-electron chi connectivity index (χ3n) is 3.28. The lowest BCUT2D eigenvalue weighted by Crippen LogP contribution is -2.25. The van der Waals surface area contributed by atoms with Crippen LogP contribution in [0.3, 0.4) is 0 Å². The molecular formula is C15H19N3O2. The van der Waals surface area contributed by atoms with Gasteiger partial charge in [0.25, 0.3) is 5.91 Å². The number of carbonyl (C=O) groups is 1. The van der Waals surface area contributed by atoms with E-state index in [2.05, 4.69) is 4.98 Å². The Balaban J connectivity index is 2.66. The molecule has 0 unspecified atom stereocenters. The second-order valence-electron chi connectivity index (χ2n) is 4.46. The van der Waals surface area contributed by atoms with Crippen LogP contribution in [-0.2, 0) is 0 Å². The Kier molecular flexibility index (Phi) is 4.08. The zero-order valence-electron chi connectivity index (χ0n) is 12.0. The maximum atomic E-state index is 11.9. The Morgan fingerprint density at radius 1 is 1.35 bits per heavy atom. The van der Waals surface area contributed by atoms with Gasteiger partial charge in [-0.05, 0) is 32.9 Å². The summed E-state index contributed by atoms with van der Waals surface area (Å²) in [5.41, 5.74) is 7.34. The Hall–Kier alpha value is -2.30. The van der Waals surface area contributed by atoms with E-state index < -0.39 is 5.91 Å². The van der Waals surface area contributed by atoms with Crippen molar-refractivity contribution in [3.05, 3.63) is 35.7 Å². The molecule has 0 atom stereocenters. The predicted molar refractivity (Wildman–Crippen MR) is 78.8 cm³/mol. The van der Waals surface area contributed by atoms with Gasteiger partial charge in [0.2, 0.25) is 5.88 Å². The van der Waals surface area contributed by atoms with Crippen molar-refractivity contribution in [3.8, 4) is 11.3 Å². The molecular weight excluding hydrogens is 254 g/mol. The predicted octanol–water partition coefficient (Wildman–Crippen LogP) is 2.60. The van der Waals surface area contributed by atoms with Crippen molar-refractivity contribution in [2.75, 3.05) is 18.0 Å². The van der Waals surface area contributed by atoms with E-state index in [1.54, 1.807) is 6.20 Å². The molecule has 2 rings (SSSR count). The summed E-state index contributed by atoms with van der Waals surface area (Å²) in [6.07, 6.45) is 1.68. The summed E-state index contributed by atoms with van der Waals surface area (Å²) >= 11 is 0. The SMILES string of the molecule is CCN(CC)c1oc(C)c(-c2ccccn2)c1C(N)=O. The largest absolute Gasteiger partial charge is 0.444 e. The highest BCUT2D eigenvalue weighted by Crippen LogP contribution is 2.36. The van der Waals surface area contributed by atoms with E-state index in [1.165, 1.54) is 0 Å². The topological polar surface area (TPSA) is 72.4 Å². The molecule has 2 N–H and O–H groups in total. The molecule has 2 heterocycles. The van der Waals surface area contributed by atoms with Crippen molar-refractivity contribution in [3.63, 3.8) is 0 Å². The quantitative estimate of drug-likeness (QED) is 0.908. The fraction of sp³-hybridized carbons (Fsp3) is 0.333. The summed E-state index contributed by atoms with van der Waals surface area (Å²) in [6.45, 7) is 7.32. The van der Waals surface area contributed by atoms with E-state index in [4.69, 9.17) is 10.2 Å². The molecule has 106 valence electrons. The number of nitrogens with zero attached hydrogens (tertiary/aromatic N) is 2. The molecule has 0 bridgehead atoms. The number of furan rings is 1. The number of hydrogen-bond donors (Lipinski definition) is 1. The van der Waals surface area contributed by atoms with E-state index in [9.17, 15) is 4.79 Å². The third-order valence-corrected chi connectivity index (χ3v) is 3.28.